The molecule has 1 aliphatic carbocycles. The van der Waals surface area contributed by atoms with Crippen LogP contribution < -0.4 is 4.74 Å². The number of rotatable bonds is 6. The Morgan fingerprint density at radius 1 is 1.00 bits per heavy atom. The van der Waals surface area contributed by atoms with Crippen molar-refractivity contribution in [3.63, 3.8) is 0 Å². The summed E-state index contributed by atoms with van der Waals surface area (Å²) in [6.45, 7) is 3.51. The Bertz CT molecular complexity index is 849. The van der Waals surface area contributed by atoms with Gasteiger partial charge in [-0.3, -0.25) is 4.90 Å². The summed E-state index contributed by atoms with van der Waals surface area (Å²) >= 11 is 0. The average Bonchev–Trinajstić information content (AvgIpc) is 2.76. The zero-order valence-corrected chi connectivity index (χ0v) is 18.4. The summed E-state index contributed by atoms with van der Waals surface area (Å²) in [5, 5.41) is 32.9. The van der Waals surface area contributed by atoms with Crippen molar-refractivity contribution in [1.29, 1.82) is 0 Å². The summed E-state index contributed by atoms with van der Waals surface area (Å²) < 4.78 is 5.83. The number of hydrogen-bond donors (Lipinski definition) is 3. The Morgan fingerprint density at radius 2 is 1.74 bits per heavy atom. The van der Waals surface area contributed by atoms with E-state index >= 15 is 0 Å². The lowest BCUT2D eigenvalue weighted by atomic mass is 9.75. The fourth-order valence-electron chi connectivity index (χ4n) is 5.12. The standard InChI is InChI=1S/C26H35NO4/c1-20-6-5-9-23(16-20)31-19-26(30)18-27(15-12-24(26)28)17-25(29)13-10-22(11-14-25)21-7-3-2-4-8-21/h2-9,16,22,24,28-30H,10-15,17-19H2,1H3/t22?,24-,25?,26-/m0/s1. The number of aliphatic hydroxyl groups is 3. The molecule has 3 N–H and O–H groups in total. The van der Waals surface area contributed by atoms with Crippen molar-refractivity contribution in [2.45, 2.75) is 62.3 Å². The SMILES string of the molecule is Cc1cccc(OC[C@@]2(O)CN(CC3(O)CCC(c4ccccc4)CC3)CC[C@@H]2O)c1. The van der Waals surface area contributed by atoms with E-state index in [1.54, 1.807) is 0 Å². The molecule has 0 aromatic heterocycles. The molecule has 31 heavy (non-hydrogen) atoms. The van der Waals surface area contributed by atoms with Gasteiger partial charge in [-0.05, 0) is 68.2 Å². The van der Waals surface area contributed by atoms with Crippen molar-refractivity contribution in [2.24, 2.45) is 0 Å². The Labute approximate surface area is 185 Å². The van der Waals surface area contributed by atoms with Gasteiger partial charge in [0.1, 0.15) is 18.0 Å². The second kappa shape index (κ2) is 9.29. The molecule has 2 aromatic carbocycles. The number of aliphatic hydroxyl groups excluding tert-OH is 1. The first-order chi connectivity index (χ1) is 14.9. The van der Waals surface area contributed by atoms with Crippen LogP contribution in [0.4, 0.5) is 0 Å². The summed E-state index contributed by atoms with van der Waals surface area (Å²) in [5.74, 6) is 1.19. The van der Waals surface area contributed by atoms with Crippen LogP contribution in [-0.2, 0) is 0 Å². The second-order valence-corrected chi connectivity index (χ2v) is 9.63. The molecule has 2 aliphatic rings. The van der Waals surface area contributed by atoms with Gasteiger partial charge in [-0.15, -0.1) is 0 Å². The molecule has 1 aliphatic heterocycles. The van der Waals surface area contributed by atoms with E-state index in [9.17, 15) is 15.3 Å². The Balaban J connectivity index is 1.33. The molecular formula is C26H35NO4. The predicted molar refractivity (Wildman–Crippen MR) is 121 cm³/mol. The van der Waals surface area contributed by atoms with Crippen molar-refractivity contribution < 1.29 is 20.1 Å². The van der Waals surface area contributed by atoms with Crippen molar-refractivity contribution in [3.8, 4) is 5.75 Å². The van der Waals surface area contributed by atoms with E-state index in [1.807, 2.05) is 37.3 Å². The molecule has 0 radical (unpaired) electrons. The maximum atomic E-state index is 11.2. The molecule has 2 atom stereocenters. The number of ether oxygens (including phenoxy) is 1. The summed E-state index contributed by atoms with van der Waals surface area (Å²) in [4.78, 5) is 2.09. The van der Waals surface area contributed by atoms with E-state index in [0.717, 1.165) is 31.2 Å². The van der Waals surface area contributed by atoms with E-state index in [2.05, 4.69) is 29.2 Å². The molecule has 0 unspecified atom stereocenters. The third-order valence-corrected chi connectivity index (χ3v) is 7.02. The van der Waals surface area contributed by atoms with E-state index in [-0.39, 0.29) is 6.61 Å². The number of piperidine rings is 1. The van der Waals surface area contributed by atoms with Gasteiger partial charge in [0, 0.05) is 19.6 Å². The summed E-state index contributed by atoms with van der Waals surface area (Å²) in [5.41, 5.74) is 0.350. The van der Waals surface area contributed by atoms with Crippen molar-refractivity contribution >= 4 is 0 Å². The van der Waals surface area contributed by atoms with Gasteiger partial charge >= 0.3 is 0 Å². The van der Waals surface area contributed by atoms with Crippen LogP contribution in [0.5, 0.6) is 5.75 Å². The van der Waals surface area contributed by atoms with Gasteiger partial charge in [0.15, 0.2) is 0 Å². The van der Waals surface area contributed by atoms with E-state index in [1.165, 1.54) is 5.56 Å². The van der Waals surface area contributed by atoms with Crippen LogP contribution >= 0.6 is 0 Å². The zero-order chi connectivity index (χ0) is 21.9. The van der Waals surface area contributed by atoms with Crippen LogP contribution in [0.15, 0.2) is 54.6 Å². The quantitative estimate of drug-likeness (QED) is 0.663. The minimum absolute atomic E-state index is 0.0304. The van der Waals surface area contributed by atoms with Gasteiger partial charge < -0.3 is 20.1 Å². The van der Waals surface area contributed by atoms with Crippen LogP contribution in [-0.4, -0.2) is 63.8 Å². The van der Waals surface area contributed by atoms with Crippen molar-refractivity contribution in [3.05, 3.63) is 65.7 Å². The lowest BCUT2D eigenvalue weighted by Crippen LogP contribution is -2.62. The monoisotopic (exact) mass is 425 g/mol. The maximum Gasteiger partial charge on any atom is 0.137 e. The fourth-order valence-corrected chi connectivity index (χ4v) is 5.12. The summed E-state index contributed by atoms with van der Waals surface area (Å²) in [7, 11) is 0. The third kappa shape index (κ3) is 5.47. The van der Waals surface area contributed by atoms with Crippen LogP contribution in [0, 0.1) is 6.92 Å². The number of nitrogens with zero attached hydrogens (tertiary/aromatic N) is 1. The largest absolute Gasteiger partial charge is 0.490 e. The third-order valence-electron chi connectivity index (χ3n) is 7.02. The first-order valence-electron chi connectivity index (χ1n) is 11.4. The van der Waals surface area contributed by atoms with Crippen LogP contribution in [0.2, 0.25) is 0 Å². The minimum Gasteiger partial charge on any atom is -0.490 e. The fraction of sp³-hybridized carbons (Fsp3) is 0.538. The number of aryl methyl sites for hydroxylation is 1. The first-order valence-corrected chi connectivity index (χ1v) is 11.4. The van der Waals surface area contributed by atoms with Crippen molar-refractivity contribution in [2.75, 3.05) is 26.2 Å². The molecule has 5 heteroatoms. The highest BCUT2D eigenvalue weighted by Crippen LogP contribution is 2.39. The number of β-amino-alcohol motifs (C(OH)–C–C–N with tert-alkyl or cyclic N) is 2. The Kier molecular flexibility index (Phi) is 6.68. The van der Waals surface area contributed by atoms with Gasteiger partial charge in [-0.25, -0.2) is 0 Å². The van der Waals surface area contributed by atoms with Gasteiger partial charge in [-0.2, -0.15) is 0 Å². The molecule has 1 saturated heterocycles. The summed E-state index contributed by atoms with van der Waals surface area (Å²) in [6, 6.07) is 18.2. The highest BCUT2D eigenvalue weighted by Gasteiger charge is 2.44. The average molecular weight is 426 g/mol. The highest BCUT2D eigenvalue weighted by atomic mass is 16.5. The molecule has 168 valence electrons. The lowest BCUT2D eigenvalue weighted by Gasteiger charge is -2.46. The normalized spacial score (nSPS) is 32.0. The molecular weight excluding hydrogens is 390 g/mol. The van der Waals surface area contributed by atoms with Crippen LogP contribution in [0.1, 0.15) is 49.1 Å². The molecule has 2 fully saturated rings. The minimum atomic E-state index is -1.35. The number of likely N-dealkylation sites (tertiary alicyclic amines) is 1. The molecule has 0 bridgehead atoms. The van der Waals surface area contributed by atoms with Gasteiger partial charge in [0.2, 0.25) is 0 Å². The number of benzene rings is 2. The molecule has 2 aromatic rings. The van der Waals surface area contributed by atoms with Gasteiger partial charge in [0.05, 0.1) is 11.7 Å². The highest BCUT2D eigenvalue weighted by molar-refractivity contribution is 5.27. The predicted octanol–water partition coefficient (Wildman–Crippen LogP) is 3.26. The first kappa shape index (κ1) is 22.3. The number of hydrogen-bond acceptors (Lipinski definition) is 5. The van der Waals surface area contributed by atoms with Crippen LogP contribution in [0.25, 0.3) is 0 Å². The Hall–Kier alpha value is -1.92. The zero-order valence-electron chi connectivity index (χ0n) is 18.4. The van der Waals surface area contributed by atoms with Crippen molar-refractivity contribution in [1.82, 2.24) is 4.90 Å². The van der Waals surface area contributed by atoms with E-state index in [4.69, 9.17) is 4.74 Å². The summed E-state index contributed by atoms with van der Waals surface area (Å²) in [6.07, 6.45) is 3.08. The molecule has 5 nitrogen and oxygen atoms in total. The molecule has 4 rings (SSSR count). The van der Waals surface area contributed by atoms with Gasteiger partial charge in [-0.1, -0.05) is 42.5 Å². The lowest BCUT2D eigenvalue weighted by molar-refractivity contribution is -0.150. The van der Waals surface area contributed by atoms with E-state index in [0.29, 0.717) is 37.7 Å². The second-order valence-electron chi connectivity index (χ2n) is 9.63. The molecule has 1 saturated carbocycles. The topological polar surface area (TPSA) is 73.2 Å². The Morgan fingerprint density at radius 3 is 2.45 bits per heavy atom. The molecule has 1 heterocycles. The molecule has 0 amide bonds. The van der Waals surface area contributed by atoms with Gasteiger partial charge in [0.25, 0.3) is 0 Å². The van der Waals surface area contributed by atoms with Crippen LogP contribution in [0.3, 0.4) is 0 Å². The smallest absolute Gasteiger partial charge is 0.137 e. The maximum absolute atomic E-state index is 11.2. The van der Waals surface area contributed by atoms with E-state index < -0.39 is 17.3 Å². The molecule has 0 spiro atoms.